The Morgan fingerprint density at radius 2 is 2.10 bits per heavy atom. The van der Waals surface area contributed by atoms with Crippen molar-refractivity contribution in [1.29, 1.82) is 0 Å². The third-order valence-electron chi connectivity index (χ3n) is 3.95. The maximum atomic E-state index is 12.5. The van der Waals surface area contributed by atoms with E-state index in [4.69, 9.17) is 16.3 Å². The second-order valence-electron chi connectivity index (χ2n) is 5.13. The number of nitrogens with zero attached hydrogens (tertiary/aromatic N) is 1. The smallest absolute Gasteiger partial charge is 0.330 e. The van der Waals surface area contributed by atoms with Gasteiger partial charge in [-0.2, -0.15) is 0 Å². The van der Waals surface area contributed by atoms with Crippen LogP contribution in [-0.2, 0) is 15.1 Å². The summed E-state index contributed by atoms with van der Waals surface area (Å²) in [4.78, 5) is 14.6. The van der Waals surface area contributed by atoms with E-state index < -0.39 is 5.54 Å². The Hall–Kier alpha value is -1.10. The topological polar surface area (TPSA) is 41.6 Å². The highest BCUT2D eigenvalue weighted by atomic mass is 35.5. The summed E-state index contributed by atoms with van der Waals surface area (Å²) in [7, 11) is 1.42. The largest absolute Gasteiger partial charge is 0.467 e. The first-order valence-corrected chi connectivity index (χ1v) is 7.27. The Morgan fingerprint density at radius 3 is 2.80 bits per heavy atom. The number of hydrogen-bond donors (Lipinski definition) is 1. The molecule has 1 unspecified atom stereocenters. The van der Waals surface area contributed by atoms with E-state index in [-0.39, 0.29) is 5.97 Å². The van der Waals surface area contributed by atoms with Crippen LogP contribution in [0.25, 0.3) is 0 Å². The highest BCUT2D eigenvalue weighted by Crippen LogP contribution is 2.34. The second kappa shape index (κ2) is 6.57. The Kier molecular flexibility index (Phi) is 5.02. The molecule has 110 valence electrons. The normalized spacial score (nSPS) is 19.9. The summed E-state index contributed by atoms with van der Waals surface area (Å²) >= 11 is 6.32. The number of carbonyl (C=O) groups is 1. The SMILES string of the molecule is COC(=O)C(C)(c1ccccc1Cl)N1CCCNCC1. The number of halogens is 1. The predicted octanol–water partition coefficient (Wildman–Crippen LogP) is 2.02. The van der Waals surface area contributed by atoms with Crippen LogP contribution in [0.1, 0.15) is 18.9 Å². The zero-order chi connectivity index (χ0) is 14.6. The quantitative estimate of drug-likeness (QED) is 0.867. The van der Waals surface area contributed by atoms with Crippen molar-refractivity contribution in [3.63, 3.8) is 0 Å². The monoisotopic (exact) mass is 296 g/mol. The molecule has 1 fully saturated rings. The van der Waals surface area contributed by atoms with Crippen molar-refractivity contribution in [1.82, 2.24) is 10.2 Å². The van der Waals surface area contributed by atoms with Crippen LogP contribution in [0, 0.1) is 0 Å². The third-order valence-corrected chi connectivity index (χ3v) is 4.28. The van der Waals surface area contributed by atoms with Gasteiger partial charge in [0.1, 0.15) is 5.54 Å². The fraction of sp³-hybridized carbons (Fsp3) is 0.533. The number of nitrogens with one attached hydrogen (secondary N) is 1. The van der Waals surface area contributed by atoms with Gasteiger partial charge < -0.3 is 10.1 Å². The summed E-state index contributed by atoms with van der Waals surface area (Å²) in [5.41, 5.74) is -0.0468. The highest BCUT2D eigenvalue weighted by molar-refractivity contribution is 6.31. The van der Waals surface area contributed by atoms with Crippen molar-refractivity contribution in [2.45, 2.75) is 18.9 Å². The van der Waals surface area contributed by atoms with Gasteiger partial charge in [0.2, 0.25) is 0 Å². The Morgan fingerprint density at radius 1 is 1.35 bits per heavy atom. The minimum atomic E-state index is -0.848. The van der Waals surface area contributed by atoms with Gasteiger partial charge >= 0.3 is 5.97 Å². The molecule has 1 saturated heterocycles. The molecule has 20 heavy (non-hydrogen) atoms. The van der Waals surface area contributed by atoms with Crippen LogP contribution in [0.15, 0.2) is 24.3 Å². The number of benzene rings is 1. The summed E-state index contributed by atoms with van der Waals surface area (Å²) in [6, 6.07) is 7.48. The molecule has 1 aromatic carbocycles. The number of ether oxygens (including phenoxy) is 1. The molecule has 1 aliphatic heterocycles. The molecule has 0 bridgehead atoms. The van der Waals surface area contributed by atoms with Crippen LogP contribution in [0.5, 0.6) is 0 Å². The van der Waals surface area contributed by atoms with Crippen LogP contribution in [0.3, 0.4) is 0 Å². The number of rotatable bonds is 3. The molecule has 0 amide bonds. The van der Waals surface area contributed by atoms with E-state index in [2.05, 4.69) is 10.2 Å². The lowest BCUT2D eigenvalue weighted by Crippen LogP contribution is -2.51. The van der Waals surface area contributed by atoms with Gasteiger partial charge in [0.25, 0.3) is 0 Å². The number of hydrogen-bond acceptors (Lipinski definition) is 4. The van der Waals surface area contributed by atoms with Crippen LogP contribution < -0.4 is 5.32 Å². The van der Waals surface area contributed by atoms with Gasteiger partial charge in [0, 0.05) is 30.2 Å². The minimum absolute atomic E-state index is 0.271. The first-order valence-electron chi connectivity index (χ1n) is 6.90. The Balaban J connectivity index is 2.44. The van der Waals surface area contributed by atoms with Crippen LogP contribution in [0.2, 0.25) is 5.02 Å². The Labute approximate surface area is 125 Å². The van der Waals surface area contributed by atoms with Gasteiger partial charge in [-0.1, -0.05) is 29.8 Å². The molecule has 0 aromatic heterocycles. The van der Waals surface area contributed by atoms with E-state index >= 15 is 0 Å². The third kappa shape index (κ3) is 2.82. The molecule has 1 N–H and O–H groups in total. The molecular formula is C15H21ClN2O2. The maximum Gasteiger partial charge on any atom is 0.330 e. The van der Waals surface area contributed by atoms with Crippen molar-refractivity contribution >= 4 is 17.6 Å². The molecule has 0 spiro atoms. The van der Waals surface area contributed by atoms with E-state index in [1.165, 1.54) is 7.11 Å². The molecule has 1 atom stereocenters. The summed E-state index contributed by atoms with van der Waals surface area (Å²) in [5, 5.41) is 3.94. The lowest BCUT2D eigenvalue weighted by molar-refractivity contribution is -0.155. The fourth-order valence-electron chi connectivity index (χ4n) is 2.76. The molecule has 0 saturated carbocycles. The molecule has 0 radical (unpaired) electrons. The van der Waals surface area contributed by atoms with Crippen LogP contribution in [0.4, 0.5) is 0 Å². The van der Waals surface area contributed by atoms with E-state index in [0.29, 0.717) is 5.02 Å². The van der Waals surface area contributed by atoms with Crippen LogP contribution in [-0.4, -0.2) is 44.2 Å². The average Bonchev–Trinajstić information content (AvgIpc) is 2.75. The molecule has 4 nitrogen and oxygen atoms in total. The van der Waals surface area contributed by atoms with Crippen molar-refractivity contribution in [3.05, 3.63) is 34.9 Å². The summed E-state index contributed by atoms with van der Waals surface area (Å²) in [5.74, 6) is -0.271. The second-order valence-corrected chi connectivity index (χ2v) is 5.54. The zero-order valence-corrected chi connectivity index (χ0v) is 12.7. The first kappa shape index (κ1) is 15.3. The maximum absolute atomic E-state index is 12.5. The van der Waals surface area contributed by atoms with Gasteiger partial charge in [0.15, 0.2) is 0 Å². The fourth-order valence-corrected chi connectivity index (χ4v) is 3.08. The van der Waals surface area contributed by atoms with Gasteiger partial charge in [-0.3, -0.25) is 4.90 Å². The molecule has 2 rings (SSSR count). The van der Waals surface area contributed by atoms with Crippen molar-refractivity contribution in [2.75, 3.05) is 33.3 Å². The lowest BCUT2D eigenvalue weighted by Gasteiger charge is -2.39. The Bertz CT molecular complexity index is 473. The first-order chi connectivity index (χ1) is 9.60. The van der Waals surface area contributed by atoms with E-state index in [1.54, 1.807) is 0 Å². The van der Waals surface area contributed by atoms with Crippen molar-refractivity contribution < 1.29 is 9.53 Å². The number of methoxy groups -OCH3 is 1. The predicted molar refractivity (Wildman–Crippen MR) is 79.9 cm³/mol. The van der Waals surface area contributed by atoms with E-state index in [9.17, 15) is 4.79 Å². The lowest BCUT2D eigenvalue weighted by atomic mass is 9.89. The summed E-state index contributed by atoms with van der Waals surface area (Å²) in [6.45, 7) is 5.35. The van der Waals surface area contributed by atoms with Gasteiger partial charge in [-0.25, -0.2) is 4.79 Å². The summed E-state index contributed by atoms with van der Waals surface area (Å²) < 4.78 is 5.06. The number of carbonyl (C=O) groups excluding carboxylic acids is 1. The van der Waals surface area contributed by atoms with Gasteiger partial charge in [0.05, 0.1) is 7.11 Å². The van der Waals surface area contributed by atoms with Crippen LogP contribution >= 0.6 is 11.6 Å². The number of esters is 1. The standard InChI is InChI=1S/C15H21ClN2O2/c1-15(14(19)20-2,12-6-3-4-7-13(12)16)18-10-5-8-17-9-11-18/h3-4,6-7,17H,5,8-11H2,1-2H3. The zero-order valence-electron chi connectivity index (χ0n) is 12.0. The molecular weight excluding hydrogens is 276 g/mol. The van der Waals surface area contributed by atoms with E-state index in [1.807, 2.05) is 31.2 Å². The minimum Gasteiger partial charge on any atom is -0.467 e. The molecule has 1 aromatic rings. The molecule has 5 heteroatoms. The van der Waals surface area contributed by atoms with Gasteiger partial charge in [-0.05, 0) is 26.0 Å². The highest BCUT2D eigenvalue weighted by Gasteiger charge is 2.43. The molecule has 1 heterocycles. The van der Waals surface area contributed by atoms with Crippen molar-refractivity contribution in [2.24, 2.45) is 0 Å². The average molecular weight is 297 g/mol. The molecule has 1 aliphatic rings. The van der Waals surface area contributed by atoms with Gasteiger partial charge in [-0.15, -0.1) is 0 Å². The van der Waals surface area contributed by atoms with E-state index in [0.717, 1.165) is 38.2 Å². The van der Waals surface area contributed by atoms with Crippen molar-refractivity contribution in [3.8, 4) is 0 Å². The summed E-state index contributed by atoms with van der Waals surface area (Å²) in [6.07, 6.45) is 0.997. The molecule has 0 aliphatic carbocycles.